The van der Waals surface area contributed by atoms with Crippen molar-refractivity contribution in [1.29, 1.82) is 0 Å². The maximum atomic E-state index is 12.5. The minimum Gasteiger partial charge on any atom is -0.506 e. The third-order valence-electron chi connectivity index (χ3n) is 4.49. The van der Waals surface area contributed by atoms with E-state index in [4.69, 9.17) is 4.74 Å². The van der Waals surface area contributed by atoms with Crippen LogP contribution in [-0.2, 0) is 9.53 Å². The van der Waals surface area contributed by atoms with Crippen LogP contribution in [0.25, 0.3) is 6.08 Å². The molecule has 0 spiro atoms. The van der Waals surface area contributed by atoms with Crippen molar-refractivity contribution in [3.05, 3.63) is 87.5 Å². The van der Waals surface area contributed by atoms with Crippen LogP contribution in [0.2, 0.25) is 0 Å². The highest BCUT2D eigenvalue weighted by Crippen LogP contribution is 2.39. The van der Waals surface area contributed by atoms with Gasteiger partial charge in [-0.15, -0.1) is 0 Å². The van der Waals surface area contributed by atoms with Gasteiger partial charge in [0.2, 0.25) is 0 Å². The highest BCUT2D eigenvalue weighted by atomic mass is 32.2. The SMILES string of the molecule is CCOC(=O)C1=C(O)/C(=C/c2ccc(C(C)C)cc2)SC1=NC(=O)c1ccccc1. The zero-order valence-corrected chi connectivity index (χ0v) is 17.9. The van der Waals surface area contributed by atoms with E-state index in [2.05, 4.69) is 18.8 Å². The zero-order valence-electron chi connectivity index (χ0n) is 17.1. The van der Waals surface area contributed by atoms with Gasteiger partial charge in [-0.05, 0) is 42.2 Å². The average Bonchev–Trinajstić information content (AvgIpc) is 3.04. The summed E-state index contributed by atoms with van der Waals surface area (Å²) in [6.45, 7) is 6.06. The first-order valence-electron chi connectivity index (χ1n) is 9.69. The van der Waals surface area contributed by atoms with Gasteiger partial charge in [0.05, 0.1) is 11.5 Å². The van der Waals surface area contributed by atoms with Crippen molar-refractivity contribution >= 4 is 34.8 Å². The lowest BCUT2D eigenvalue weighted by molar-refractivity contribution is -0.138. The molecule has 0 saturated heterocycles. The van der Waals surface area contributed by atoms with Crippen molar-refractivity contribution in [3.63, 3.8) is 0 Å². The molecule has 0 fully saturated rings. The van der Waals surface area contributed by atoms with Gasteiger partial charge in [0, 0.05) is 5.56 Å². The van der Waals surface area contributed by atoms with E-state index in [9.17, 15) is 14.7 Å². The number of thioether (sulfide) groups is 1. The van der Waals surface area contributed by atoms with Crippen molar-refractivity contribution in [2.75, 3.05) is 6.61 Å². The van der Waals surface area contributed by atoms with E-state index in [-0.39, 0.29) is 23.0 Å². The van der Waals surface area contributed by atoms with Crippen LogP contribution in [0.5, 0.6) is 0 Å². The number of benzene rings is 2. The van der Waals surface area contributed by atoms with Crippen LogP contribution in [0.1, 0.15) is 48.2 Å². The van der Waals surface area contributed by atoms with Gasteiger partial charge in [0.1, 0.15) is 16.4 Å². The number of ether oxygens (including phenoxy) is 1. The van der Waals surface area contributed by atoms with Crippen LogP contribution < -0.4 is 0 Å². The Balaban J connectivity index is 1.97. The number of carbonyl (C=O) groups is 2. The van der Waals surface area contributed by atoms with Crippen LogP contribution in [0.4, 0.5) is 0 Å². The van der Waals surface area contributed by atoms with Gasteiger partial charge in [0.15, 0.2) is 0 Å². The van der Waals surface area contributed by atoms with Crippen LogP contribution in [0, 0.1) is 0 Å². The van der Waals surface area contributed by atoms with Gasteiger partial charge >= 0.3 is 5.97 Å². The van der Waals surface area contributed by atoms with Crippen molar-refractivity contribution in [1.82, 2.24) is 0 Å². The van der Waals surface area contributed by atoms with Crippen molar-refractivity contribution in [2.24, 2.45) is 4.99 Å². The molecule has 0 bridgehead atoms. The molecule has 0 atom stereocenters. The Morgan fingerprint density at radius 1 is 1.10 bits per heavy atom. The minimum absolute atomic E-state index is 0.0869. The van der Waals surface area contributed by atoms with Gasteiger partial charge in [-0.1, -0.05) is 68.1 Å². The number of hydrogen-bond acceptors (Lipinski definition) is 5. The number of esters is 1. The predicted octanol–water partition coefficient (Wildman–Crippen LogP) is 5.51. The molecule has 0 saturated carbocycles. The van der Waals surface area contributed by atoms with Crippen molar-refractivity contribution < 1.29 is 19.4 Å². The largest absolute Gasteiger partial charge is 0.506 e. The fraction of sp³-hybridized carbons (Fsp3) is 0.208. The number of carbonyl (C=O) groups excluding carboxylic acids is 2. The Labute approximate surface area is 180 Å². The normalized spacial score (nSPS) is 16.5. The fourth-order valence-corrected chi connectivity index (χ4v) is 3.87. The van der Waals surface area contributed by atoms with Crippen molar-refractivity contribution in [3.8, 4) is 0 Å². The lowest BCUT2D eigenvalue weighted by atomic mass is 10.0. The third kappa shape index (κ3) is 4.89. The van der Waals surface area contributed by atoms with E-state index in [1.165, 1.54) is 5.56 Å². The summed E-state index contributed by atoms with van der Waals surface area (Å²) >= 11 is 1.07. The number of aliphatic hydroxyl groups excluding tert-OH is 1. The first kappa shape index (κ1) is 21.6. The van der Waals surface area contributed by atoms with Crippen LogP contribution in [0.15, 0.2) is 75.8 Å². The molecular formula is C24H23NO4S. The van der Waals surface area contributed by atoms with Gasteiger partial charge in [0.25, 0.3) is 5.91 Å². The number of amides is 1. The molecule has 3 rings (SSSR count). The lowest BCUT2D eigenvalue weighted by Gasteiger charge is -2.05. The van der Waals surface area contributed by atoms with Gasteiger partial charge in [-0.2, -0.15) is 0 Å². The van der Waals surface area contributed by atoms with E-state index < -0.39 is 11.9 Å². The molecule has 1 aliphatic heterocycles. The summed E-state index contributed by atoms with van der Waals surface area (Å²) in [4.78, 5) is 29.5. The minimum atomic E-state index is -0.708. The van der Waals surface area contributed by atoms with E-state index in [1.807, 2.05) is 24.3 Å². The third-order valence-corrected chi connectivity index (χ3v) is 5.51. The number of nitrogens with zero attached hydrogens (tertiary/aromatic N) is 1. The molecule has 2 aromatic carbocycles. The molecule has 30 heavy (non-hydrogen) atoms. The van der Waals surface area contributed by atoms with E-state index >= 15 is 0 Å². The quantitative estimate of drug-likeness (QED) is 0.644. The highest BCUT2D eigenvalue weighted by molar-refractivity contribution is 8.18. The molecule has 5 nitrogen and oxygen atoms in total. The van der Waals surface area contributed by atoms with E-state index in [0.29, 0.717) is 16.4 Å². The van der Waals surface area contributed by atoms with Gasteiger partial charge < -0.3 is 9.84 Å². The Kier molecular flexibility index (Phi) is 6.90. The number of rotatable bonds is 5. The molecule has 0 radical (unpaired) electrons. The molecule has 1 heterocycles. The summed E-state index contributed by atoms with van der Waals surface area (Å²) in [6.07, 6.45) is 1.76. The lowest BCUT2D eigenvalue weighted by Crippen LogP contribution is -2.14. The van der Waals surface area contributed by atoms with Crippen LogP contribution >= 0.6 is 11.8 Å². The monoisotopic (exact) mass is 421 g/mol. The van der Waals surface area contributed by atoms with Crippen LogP contribution in [0.3, 0.4) is 0 Å². The Hall–Kier alpha value is -3.12. The first-order chi connectivity index (χ1) is 14.4. The summed E-state index contributed by atoms with van der Waals surface area (Å²) < 4.78 is 5.06. The standard InChI is InChI=1S/C24H23NO4S/c1-4-29-24(28)20-21(26)19(14-16-10-12-17(13-11-16)15(2)3)30-23(20)25-22(27)18-8-6-5-7-9-18/h5-15,26H,4H2,1-3H3/b19-14-,25-23?. The van der Waals surface area contributed by atoms with E-state index in [1.54, 1.807) is 43.3 Å². The molecule has 2 aromatic rings. The molecular weight excluding hydrogens is 398 g/mol. The van der Waals surface area contributed by atoms with E-state index in [0.717, 1.165) is 17.3 Å². The zero-order chi connectivity index (χ0) is 21.7. The summed E-state index contributed by atoms with van der Waals surface area (Å²) in [5.41, 5.74) is 2.39. The summed E-state index contributed by atoms with van der Waals surface area (Å²) in [7, 11) is 0. The smallest absolute Gasteiger partial charge is 0.344 e. The second-order valence-corrected chi connectivity index (χ2v) is 7.99. The molecule has 0 aromatic heterocycles. The predicted molar refractivity (Wildman–Crippen MR) is 121 cm³/mol. The second-order valence-electron chi connectivity index (χ2n) is 6.96. The number of aliphatic hydroxyl groups is 1. The molecule has 1 aliphatic rings. The number of hydrogen-bond donors (Lipinski definition) is 1. The first-order valence-corrected chi connectivity index (χ1v) is 10.5. The summed E-state index contributed by atoms with van der Waals surface area (Å²) in [6, 6.07) is 16.5. The molecule has 0 unspecified atom stereocenters. The number of aliphatic imine (C=N–C) groups is 1. The topological polar surface area (TPSA) is 76.0 Å². The maximum Gasteiger partial charge on any atom is 0.344 e. The Morgan fingerprint density at radius 2 is 1.77 bits per heavy atom. The highest BCUT2D eigenvalue weighted by Gasteiger charge is 2.33. The summed E-state index contributed by atoms with van der Waals surface area (Å²) in [5.74, 6) is -1.01. The maximum absolute atomic E-state index is 12.5. The fourth-order valence-electron chi connectivity index (χ4n) is 2.86. The molecule has 154 valence electrons. The molecule has 0 aliphatic carbocycles. The Morgan fingerprint density at radius 3 is 2.37 bits per heavy atom. The van der Waals surface area contributed by atoms with Crippen LogP contribution in [-0.4, -0.2) is 28.6 Å². The average molecular weight is 422 g/mol. The summed E-state index contributed by atoms with van der Waals surface area (Å²) in [5, 5.41) is 10.8. The van der Waals surface area contributed by atoms with Crippen molar-refractivity contribution in [2.45, 2.75) is 26.7 Å². The van der Waals surface area contributed by atoms with Gasteiger partial charge in [-0.25, -0.2) is 9.79 Å². The second kappa shape index (κ2) is 9.59. The molecule has 1 N–H and O–H groups in total. The Bertz CT molecular complexity index is 1030. The molecule has 1 amide bonds. The van der Waals surface area contributed by atoms with Gasteiger partial charge in [-0.3, -0.25) is 4.79 Å². The molecule has 6 heteroatoms.